The molecule has 11 nitrogen and oxygen atoms in total. The summed E-state index contributed by atoms with van der Waals surface area (Å²) in [5.41, 5.74) is -0.679. The first-order chi connectivity index (χ1) is 24.4. The lowest BCUT2D eigenvalue weighted by molar-refractivity contribution is -0.164. The second-order valence-electron chi connectivity index (χ2n) is 14.5. The van der Waals surface area contributed by atoms with Crippen molar-refractivity contribution >= 4 is 23.7 Å². The average Bonchev–Trinajstić information content (AvgIpc) is 3.76. The van der Waals surface area contributed by atoms with E-state index in [9.17, 15) is 24.3 Å². The van der Waals surface area contributed by atoms with Crippen molar-refractivity contribution in [2.45, 2.75) is 87.9 Å². The molecule has 3 fully saturated rings. The molecule has 2 aromatic carbocycles. The third-order valence-electron chi connectivity index (χ3n) is 10.3. The predicted molar refractivity (Wildman–Crippen MR) is 191 cm³/mol. The Labute approximate surface area is 300 Å². The number of nitrogens with one attached hydrogen (secondary N) is 1. The van der Waals surface area contributed by atoms with Gasteiger partial charge in [-0.2, -0.15) is 0 Å². The molecule has 0 aromatic heterocycles. The molecule has 0 aliphatic carbocycles. The van der Waals surface area contributed by atoms with E-state index in [1.807, 2.05) is 57.2 Å². The molecule has 5 rings (SSSR count). The zero-order chi connectivity index (χ0) is 36.9. The maximum absolute atomic E-state index is 14.9. The van der Waals surface area contributed by atoms with Crippen molar-refractivity contribution in [2.75, 3.05) is 26.9 Å². The first-order valence-electron chi connectivity index (χ1n) is 17.7. The van der Waals surface area contributed by atoms with Crippen LogP contribution in [0.25, 0.3) is 0 Å². The molecule has 8 atom stereocenters. The highest BCUT2D eigenvalue weighted by Gasteiger charge is 2.76. The van der Waals surface area contributed by atoms with Crippen molar-refractivity contribution in [3.05, 3.63) is 97.1 Å². The third kappa shape index (κ3) is 7.38. The van der Waals surface area contributed by atoms with Gasteiger partial charge in [0.1, 0.15) is 17.7 Å². The van der Waals surface area contributed by atoms with Crippen LogP contribution in [0.1, 0.15) is 69.7 Å². The normalized spacial score (nSPS) is 25.4. The molecule has 1 spiro atoms. The fourth-order valence-corrected chi connectivity index (χ4v) is 8.10. The summed E-state index contributed by atoms with van der Waals surface area (Å²) in [5.74, 6) is -3.78. The highest BCUT2D eigenvalue weighted by atomic mass is 16.6. The lowest BCUT2D eigenvalue weighted by atomic mass is 9.70. The van der Waals surface area contributed by atoms with Gasteiger partial charge in [-0.25, -0.2) is 0 Å². The number of aliphatic hydroxyl groups excluding tert-OH is 1. The van der Waals surface area contributed by atoms with Crippen LogP contribution in [-0.4, -0.2) is 94.8 Å². The SMILES string of the molecule is C=CCCC(=O)N[C@H](COC)[C@H](OC(=O)[C@@H]1[C@H]2C(=O)N([C@H](CO)c3ccccc3)[C@H](C(=O)N(CC=C)C(C)(C)C)[C@]23CC[C@H]1O3)c1ccccc1. The summed E-state index contributed by atoms with van der Waals surface area (Å²) < 4.78 is 18.5. The summed E-state index contributed by atoms with van der Waals surface area (Å²) in [4.78, 5) is 60.3. The molecule has 11 heteroatoms. The average molecular weight is 702 g/mol. The van der Waals surface area contributed by atoms with Crippen molar-refractivity contribution < 1.29 is 38.5 Å². The number of fused-ring (bicyclic) bond motifs is 1. The van der Waals surface area contributed by atoms with Crippen molar-refractivity contribution in [3.8, 4) is 0 Å². The number of carbonyl (C=O) groups is 4. The van der Waals surface area contributed by atoms with Crippen molar-refractivity contribution in [1.82, 2.24) is 15.1 Å². The number of ether oxygens (including phenoxy) is 3. The first kappa shape index (κ1) is 37.9. The van der Waals surface area contributed by atoms with Gasteiger partial charge in [-0.3, -0.25) is 19.2 Å². The van der Waals surface area contributed by atoms with Gasteiger partial charge in [0.25, 0.3) is 0 Å². The van der Waals surface area contributed by atoms with E-state index in [-0.39, 0.29) is 31.4 Å². The summed E-state index contributed by atoms with van der Waals surface area (Å²) >= 11 is 0. The van der Waals surface area contributed by atoms with Crippen LogP contribution in [0.4, 0.5) is 0 Å². The molecule has 0 saturated carbocycles. The molecule has 2 aromatic rings. The Hall–Kier alpha value is -4.32. The molecule has 3 saturated heterocycles. The van der Waals surface area contributed by atoms with Crippen molar-refractivity contribution in [3.63, 3.8) is 0 Å². The van der Waals surface area contributed by atoms with Crippen LogP contribution in [0, 0.1) is 11.8 Å². The third-order valence-corrected chi connectivity index (χ3v) is 10.3. The minimum Gasteiger partial charge on any atom is -0.455 e. The van der Waals surface area contributed by atoms with Gasteiger partial charge < -0.3 is 34.4 Å². The van der Waals surface area contributed by atoms with Gasteiger partial charge in [-0.15, -0.1) is 13.2 Å². The predicted octanol–water partition coefficient (Wildman–Crippen LogP) is 4.29. The molecule has 3 aliphatic rings. The number of hydrogen-bond acceptors (Lipinski definition) is 8. The molecule has 274 valence electrons. The van der Waals surface area contributed by atoms with Crippen LogP contribution in [0.3, 0.4) is 0 Å². The van der Waals surface area contributed by atoms with Crippen LogP contribution in [0.15, 0.2) is 86.0 Å². The van der Waals surface area contributed by atoms with Gasteiger partial charge in [0.2, 0.25) is 17.7 Å². The lowest BCUT2D eigenvalue weighted by Crippen LogP contribution is -2.60. The Kier molecular flexibility index (Phi) is 11.8. The van der Waals surface area contributed by atoms with Crippen LogP contribution >= 0.6 is 0 Å². The molecular formula is C40H51N3O8. The number of amides is 3. The van der Waals surface area contributed by atoms with Crippen molar-refractivity contribution in [2.24, 2.45) is 11.8 Å². The molecule has 3 amide bonds. The quantitative estimate of drug-likeness (QED) is 0.196. The van der Waals surface area contributed by atoms with E-state index >= 15 is 0 Å². The second-order valence-corrected chi connectivity index (χ2v) is 14.5. The summed E-state index contributed by atoms with van der Waals surface area (Å²) in [6.07, 6.45) is 3.15. The highest BCUT2D eigenvalue weighted by molar-refractivity contribution is 5.98. The minimum atomic E-state index is -1.33. The van der Waals surface area contributed by atoms with Crippen LogP contribution < -0.4 is 5.32 Å². The fraction of sp³-hybridized carbons (Fsp3) is 0.500. The van der Waals surface area contributed by atoms with E-state index in [0.29, 0.717) is 30.4 Å². The monoisotopic (exact) mass is 701 g/mol. The summed E-state index contributed by atoms with van der Waals surface area (Å²) in [7, 11) is 1.50. The molecule has 2 bridgehead atoms. The fourth-order valence-electron chi connectivity index (χ4n) is 8.10. The van der Waals surface area contributed by atoms with E-state index in [1.165, 1.54) is 12.0 Å². The summed E-state index contributed by atoms with van der Waals surface area (Å²) in [6.45, 7) is 13.1. The van der Waals surface area contributed by atoms with Gasteiger partial charge in [-0.05, 0) is 51.2 Å². The van der Waals surface area contributed by atoms with E-state index in [2.05, 4.69) is 18.5 Å². The Morgan fingerprint density at radius 2 is 1.73 bits per heavy atom. The Balaban J connectivity index is 1.56. The van der Waals surface area contributed by atoms with Gasteiger partial charge in [-0.1, -0.05) is 72.8 Å². The Morgan fingerprint density at radius 1 is 1.08 bits per heavy atom. The molecule has 3 heterocycles. The number of benzene rings is 2. The number of nitrogens with zero attached hydrogens (tertiary/aromatic N) is 2. The van der Waals surface area contributed by atoms with E-state index in [0.717, 1.165) is 0 Å². The number of rotatable bonds is 16. The second kappa shape index (κ2) is 15.9. The number of allylic oxidation sites excluding steroid dienone is 1. The maximum Gasteiger partial charge on any atom is 0.313 e. The number of esters is 1. The van der Waals surface area contributed by atoms with Gasteiger partial charge >= 0.3 is 5.97 Å². The van der Waals surface area contributed by atoms with E-state index < -0.39 is 71.8 Å². The number of aliphatic hydroxyl groups is 1. The van der Waals surface area contributed by atoms with E-state index in [1.54, 1.807) is 41.3 Å². The Bertz CT molecular complexity index is 1580. The van der Waals surface area contributed by atoms with Gasteiger partial charge in [0.05, 0.1) is 43.2 Å². The molecule has 51 heavy (non-hydrogen) atoms. The van der Waals surface area contributed by atoms with Gasteiger partial charge in [0.15, 0.2) is 0 Å². The number of likely N-dealkylation sites (tertiary alicyclic amines) is 1. The molecule has 2 N–H and O–H groups in total. The van der Waals surface area contributed by atoms with Gasteiger partial charge in [0, 0.05) is 25.6 Å². The largest absolute Gasteiger partial charge is 0.455 e. The Morgan fingerprint density at radius 3 is 2.29 bits per heavy atom. The molecule has 0 unspecified atom stereocenters. The molecule has 0 radical (unpaired) electrons. The summed E-state index contributed by atoms with van der Waals surface area (Å²) in [5, 5.41) is 13.8. The van der Waals surface area contributed by atoms with E-state index in [4.69, 9.17) is 14.2 Å². The highest BCUT2D eigenvalue weighted by Crippen LogP contribution is 2.60. The lowest BCUT2D eigenvalue weighted by Gasteiger charge is -2.43. The number of hydrogen-bond donors (Lipinski definition) is 2. The van der Waals surface area contributed by atoms with Crippen molar-refractivity contribution in [1.29, 1.82) is 0 Å². The van der Waals surface area contributed by atoms with Crippen LogP contribution in [0.2, 0.25) is 0 Å². The smallest absolute Gasteiger partial charge is 0.313 e. The topological polar surface area (TPSA) is 135 Å². The standard InChI is InChI=1S/C40H51N3O8/c1-7-9-20-31(45)41-28(25-49-6)34(27-18-14-11-15-19-27)50-38(48)32-30-21-22-40(51-30)33(32)36(46)43(29(24-44)26-16-12-10-13-17-26)35(40)37(47)42(23-8-2)39(3,4)5/h7-8,10-19,28-30,32-35,44H,1-2,9,20-25H2,3-6H3,(H,41,45)/t28-,29-,30-,32+,33+,34-,35-,40+/m1/s1. The molecular weight excluding hydrogens is 650 g/mol. The number of carbonyl (C=O) groups excluding carboxylic acids is 4. The maximum atomic E-state index is 14.9. The molecule has 3 aliphatic heterocycles. The van der Waals surface area contributed by atoms with Crippen LogP contribution in [-0.2, 0) is 33.4 Å². The summed E-state index contributed by atoms with van der Waals surface area (Å²) in [6, 6.07) is 15.4. The zero-order valence-electron chi connectivity index (χ0n) is 30.0. The zero-order valence-corrected chi connectivity index (χ0v) is 30.0. The van der Waals surface area contributed by atoms with Crippen LogP contribution in [0.5, 0.6) is 0 Å². The minimum absolute atomic E-state index is 0.0507. The first-order valence-corrected chi connectivity index (χ1v) is 17.7. The number of methoxy groups -OCH3 is 1.